The quantitative estimate of drug-likeness (QED) is 0.368. The normalized spacial score (nSPS) is 22.8. The summed E-state index contributed by atoms with van der Waals surface area (Å²) in [5.41, 5.74) is 1.13. The Balaban J connectivity index is 2.45. The molecule has 0 aromatic rings. The van der Waals surface area contributed by atoms with E-state index >= 15 is 0 Å². The van der Waals surface area contributed by atoms with Gasteiger partial charge in [-0.1, -0.05) is 18.7 Å². The van der Waals surface area contributed by atoms with Gasteiger partial charge in [0, 0.05) is 0 Å². The molecule has 1 unspecified atom stereocenters. The highest BCUT2D eigenvalue weighted by atomic mass is 16.6. The van der Waals surface area contributed by atoms with E-state index in [2.05, 4.69) is 6.58 Å². The summed E-state index contributed by atoms with van der Waals surface area (Å²) in [5, 5.41) is 0. The SMILES string of the molecule is C=C/C=C(OCC1CO1)\C(C)=C/C. The molecule has 0 aromatic carbocycles. The maximum atomic E-state index is 5.56. The maximum absolute atomic E-state index is 5.56. The summed E-state index contributed by atoms with van der Waals surface area (Å²) < 4.78 is 10.6. The van der Waals surface area contributed by atoms with E-state index in [9.17, 15) is 0 Å². The first-order valence-corrected chi connectivity index (χ1v) is 4.48. The molecule has 1 aliphatic heterocycles. The van der Waals surface area contributed by atoms with Gasteiger partial charge in [-0.05, 0) is 25.5 Å². The lowest BCUT2D eigenvalue weighted by Crippen LogP contribution is -2.02. The Labute approximate surface area is 79.5 Å². The zero-order valence-corrected chi connectivity index (χ0v) is 8.25. The fourth-order valence-electron chi connectivity index (χ4n) is 0.890. The second-order valence-corrected chi connectivity index (χ2v) is 3.00. The van der Waals surface area contributed by atoms with Gasteiger partial charge in [-0.25, -0.2) is 0 Å². The number of rotatable bonds is 5. The molecule has 0 aliphatic carbocycles. The van der Waals surface area contributed by atoms with E-state index in [1.165, 1.54) is 0 Å². The summed E-state index contributed by atoms with van der Waals surface area (Å²) in [6.45, 7) is 9.12. The number of epoxide rings is 1. The average Bonchev–Trinajstić information content (AvgIpc) is 2.94. The Kier molecular flexibility index (Phi) is 3.77. The summed E-state index contributed by atoms with van der Waals surface area (Å²) in [7, 11) is 0. The predicted molar refractivity (Wildman–Crippen MR) is 53.4 cm³/mol. The molecule has 1 atom stereocenters. The lowest BCUT2D eigenvalue weighted by Gasteiger charge is -2.08. The summed E-state index contributed by atoms with van der Waals surface area (Å²) in [6.07, 6.45) is 5.93. The summed E-state index contributed by atoms with van der Waals surface area (Å²) in [6, 6.07) is 0. The minimum atomic E-state index is 0.304. The molecule has 0 radical (unpaired) electrons. The van der Waals surface area contributed by atoms with Gasteiger partial charge in [0.05, 0.1) is 6.61 Å². The van der Waals surface area contributed by atoms with Gasteiger partial charge >= 0.3 is 0 Å². The molecule has 1 fully saturated rings. The minimum absolute atomic E-state index is 0.304. The lowest BCUT2D eigenvalue weighted by molar-refractivity contribution is 0.189. The number of hydrogen-bond acceptors (Lipinski definition) is 2. The number of hydrogen-bond donors (Lipinski definition) is 0. The topological polar surface area (TPSA) is 21.8 Å². The van der Waals surface area contributed by atoms with Crippen LogP contribution in [0, 0.1) is 0 Å². The molecule has 0 amide bonds. The first-order valence-electron chi connectivity index (χ1n) is 4.48. The van der Waals surface area contributed by atoms with E-state index in [1.807, 2.05) is 26.0 Å². The van der Waals surface area contributed by atoms with Crippen LogP contribution in [0.1, 0.15) is 13.8 Å². The molecule has 1 aliphatic rings. The second kappa shape index (κ2) is 4.87. The van der Waals surface area contributed by atoms with Crippen molar-refractivity contribution < 1.29 is 9.47 Å². The van der Waals surface area contributed by atoms with Crippen molar-refractivity contribution in [1.82, 2.24) is 0 Å². The molecular formula is C11H16O2. The zero-order chi connectivity index (χ0) is 9.68. The molecule has 1 heterocycles. The van der Waals surface area contributed by atoms with Crippen molar-refractivity contribution in [3.05, 3.63) is 36.1 Å². The van der Waals surface area contributed by atoms with Crippen LogP contribution >= 0.6 is 0 Å². The monoisotopic (exact) mass is 180 g/mol. The fourth-order valence-corrected chi connectivity index (χ4v) is 0.890. The van der Waals surface area contributed by atoms with Crippen LogP contribution in [0.4, 0.5) is 0 Å². The van der Waals surface area contributed by atoms with Crippen LogP contribution in [0.25, 0.3) is 0 Å². The van der Waals surface area contributed by atoms with Crippen LogP contribution in [-0.4, -0.2) is 19.3 Å². The van der Waals surface area contributed by atoms with E-state index in [1.54, 1.807) is 6.08 Å². The molecule has 0 aromatic heterocycles. The van der Waals surface area contributed by atoms with Crippen molar-refractivity contribution in [2.24, 2.45) is 0 Å². The highest BCUT2D eigenvalue weighted by molar-refractivity contribution is 5.26. The van der Waals surface area contributed by atoms with Gasteiger partial charge < -0.3 is 9.47 Å². The Hall–Kier alpha value is -1.02. The summed E-state index contributed by atoms with van der Waals surface area (Å²) >= 11 is 0. The molecule has 0 spiro atoms. The third-order valence-electron chi connectivity index (χ3n) is 1.92. The van der Waals surface area contributed by atoms with Crippen LogP contribution in [0.3, 0.4) is 0 Å². The van der Waals surface area contributed by atoms with Gasteiger partial charge in [0.25, 0.3) is 0 Å². The van der Waals surface area contributed by atoms with Crippen molar-refractivity contribution >= 4 is 0 Å². The van der Waals surface area contributed by atoms with Crippen LogP contribution in [0.15, 0.2) is 36.1 Å². The molecule has 0 N–H and O–H groups in total. The minimum Gasteiger partial charge on any atom is -0.491 e. The van der Waals surface area contributed by atoms with Crippen molar-refractivity contribution in [2.45, 2.75) is 20.0 Å². The molecule has 13 heavy (non-hydrogen) atoms. The highest BCUT2D eigenvalue weighted by Crippen LogP contribution is 2.15. The number of ether oxygens (including phenoxy) is 2. The van der Waals surface area contributed by atoms with E-state index in [0.29, 0.717) is 12.7 Å². The standard InChI is InChI=1S/C11H16O2/c1-4-6-11(9(3)5-2)13-8-10-7-12-10/h4-6,10H,1,7-8H2,2-3H3/b9-5-,11-6+. The van der Waals surface area contributed by atoms with E-state index < -0.39 is 0 Å². The van der Waals surface area contributed by atoms with Crippen molar-refractivity contribution in [1.29, 1.82) is 0 Å². The third kappa shape index (κ3) is 3.47. The Morgan fingerprint density at radius 2 is 2.38 bits per heavy atom. The molecule has 1 rings (SSSR count). The van der Waals surface area contributed by atoms with E-state index in [4.69, 9.17) is 9.47 Å². The van der Waals surface area contributed by atoms with Crippen molar-refractivity contribution in [3.63, 3.8) is 0 Å². The van der Waals surface area contributed by atoms with E-state index in [-0.39, 0.29) is 0 Å². The van der Waals surface area contributed by atoms with Gasteiger partial charge in [-0.3, -0.25) is 0 Å². The predicted octanol–water partition coefficient (Wildman–Crippen LogP) is 2.44. The first-order chi connectivity index (χ1) is 6.27. The average molecular weight is 180 g/mol. The smallest absolute Gasteiger partial charge is 0.121 e. The fraction of sp³-hybridized carbons (Fsp3) is 0.455. The third-order valence-corrected chi connectivity index (χ3v) is 1.92. The van der Waals surface area contributed by atoms with Gasteiger partial charge in [0.1, 0.15) is 18.5 Å². The highest BCUT2D eigenvalue weighted by Gasteiger charge is 2.23. The Bertz CT molecular complexity index is 234. The van der Waals surface area contributed by atoms with Crippen molar-refractivity contribution in [3.8, 4) is 0 Å². The van der Waals surface area contributed by atoms with Gasteiger partial charge in [0.15, 0.2) is 0 Å². The maximum Gasteiger partial charge on any atom is 0.121 e. The van der Waals surface area contributed by atoms with Crippen LogP contribution < -0.4 is 0 Å². The van der Waals surface area contributed by atoms with Crippen molar-refractivity contribution in [2.75, 3.05) is 13.2 Å². The molecule has 0 saturated carbocycles. The second-order valence-electron chi connectivity index (χ2n) is 3.00. The van der Waals surface area contributed by atoms with Gasteiger partial charge in [-0.15, -0.1) is 0 Å². The Morgan fingerprint density at radius 3 is 2.85 bits per heavy atom. The Morgan fingerprint density at radius 1 is 1.69 bits per heavy atom. The number of allylic oxidation sites excluding steroid dienone is 4. The molecule has 0 bridgehead atoms. The van der Waals surface area contributed by atoms with Gasteiger partial charge in [-0.2, -0.15) is 0 Å². The van der Waals surface area contributed by atoms with Gasteiger partial charge in [0.2, 0.25) is 0 Å². The molecule has 72 valence electrons. The van der Waals surface area contributed by atoms with Crippen LogP contribution in [0.2, 0.25) is 0 Å². The summed E-state index contributed by atoms with van der Waals surface area (Å²) in [5.74, 6) is 0.882. The van der Waals surface area contributed by atoms with E-state index in [0.717, 1.165) is 17.9 Å². The van der Waals surface area contributed by atoms with Crippen LogP contribution in [-0.2, 0) is 9.47 Å². The molecule has 2 nitrogen and oxygen atoms in total. The lowest BCUT2D eigenvalue weighted by atomic mass is 10.2. The van der Waals surface area contributed by atoms with Crippen LogP contribution in [0.5, 0.6) is 0 Å². The largest absolute Gasteiger partial charge is 0.491 e. The summed E-state index contributed by atoms with van der Waals surface area (Å²) in [4.78, 5) is 0. The first kappa shape index (κ1) is 10.1. The molecule has 2 heteroatoms. The molecular weight excluding hydrogens is 164 g/mol. The molecule has 1 saturated heterocycles. The zero-order valence-electron chi connectivity index (χ0n) is 8.25.